The monoisotopic (exact) mass is 391 g/mol. The predicted molar refractivity (Wildman–Crippen MR) is 122 cm³/mol. The predicted octanol–water partition coefficient (Wildman–Crippen LogP) is 4.81. The number of anilines is 4. The Morgan fingerprint density at radius 3 is 2.70 bits per heavy atom. The first-order chi connectivity index (χ1) is 14.7. The third-order valence-corrected chi connectivity index (χ3v) is 6.59. The zero-order valence-electron chi connectivity index (χ0n) is 17.0. The van der Waals surface area contributed by atoms with Crippen molar-refractivity contribution in [2.24, 2.45) is 0 Å². The summed E-state index contributed by atoms with van der Waals surface area (Å²) in [4.78, 5) is 11.8. The number of rotatable bonds is 1. The van der Waals surface area contributed by atoms with Gasteiger partial charge in [-0.2, -0.15) is 5.26 Å². The highest BCUT2D eigenvalue weighted by molar-refractivity contribution is 6.05. The van der Waals surface area contributed by atoms with Crippen molar-refractivity contribution in [1.29, 1.82) is 5.26 Å². The van der Waals surface area contributed by atoms with Gasteiger partial charge in [0.25, 0.3) is 0 Å². The normalized spacial score (nSPS) is 18.9. The van der Waals surface area contributed by atoms with Crippen molar-refractivity contribution >= 4 is 39.2 Å². The van der Waals surface area contributed by atoms with Gasteiger partial charge >= 0.3 is 0 Å². The van der Waals surface area contributed by atoms with E-state index >= 15 is 0 Å². The van der Waals surface area contributed by atoms with Crippen molar-refractivity contribution in [3.05, 3.63) is 72.0 Å². The van der Waals surface area contributed by atoms with Crippen LogP contribution in [-0.2, 0) is 0 Å². The van der Waals surface area contributed by atoms with Crippen LogP contribution in [0.4, 0.5) is 22.7 Å². The number of hydrogen-bond acceptors (Lipinski definition) is 5. The molecule has 0 N–H and O–H groups in total. The van der Waals surface area contributed by atoms with Crippen molar-refractivity contribution in [1.82, 2.24) is 4.98 Å². The minimum Gasteiger partial charge on any atom is -0.351 e. The van der Waals surface area contributed by atoms with E-state index in [4.69, 9.17) is 4.98 Å². The molecule has 3 heterocycles. The van der Waals surface area contributed by atoms with E-state index in [2.05, 4.69) is 77.4 Å². The maximum absolute atomic E-state index is 9.48. The fourth-order valence-electron chi connectivity index (χ4n) is 4.97. The summed E-state index contributed by atoms with van der Waals surface area (Å²) in [7, 11) is 4.27. The van der Waals surface area contributed by atoms with Crippen molar-refractivity contribution < 1.29 is 0 Å². The third kappa shape index (κ3) is 2.25. The molecule has 2 aromatic carbocycles. The molecule has 5 nitrogen and oxygen atoms in total. The smallest absolute Gasteiger partial charge is 0.120 e. The lowest BCUT2D eigenvalue weighted by Crippen LogP contribution is -2.57. The average molecular weight is 391 g/mol. The van der Waals surface area contributed by atoms with Crippen LogP contribution in [0, 0.1) is 11.3 Å². The van der Waals surface area contributed by atoms with Gasteiger partial charge in [0.05, 0.1) is 52.6 Å². The lowest BCUT2D eigenvalue weighted by molar-refractivity contribution is 0.583. The topological polar surface area (TPSA) is 46.4 Å². The summed E-state index contributed by atoms with van der Waals surface area (Å²) in [6.07, 6.45) is 9.83. The molecule has 3 aromatic rings. The number of allylic oxidation sites excluding steroid dienone is 4. The summed E-state index contributed by atoms with van der Waals surface area (Å²) in [5, 5.41) is 10.6. The Morgan fingerprint density at radius 1 is 1.03 bits per heavy atom. The molecule has 0 radical (unpaired) electrons. The molecule has 2 bridgehead atoms. The first-order valence-corrected chi connectivity index (χ1v) is 10.2. The minimum atomic E-state index is 0.209. The number of likely N-dealkylation sites (N-methyl/N-ethyl adjacent to an activating group) is 2. The fraction of sp³-hybridized carbons (Fsp3) is 0.200. The summed E-state index contributed by atoms with van der Waals surface area (Å²) < 4.78 is 0. The Morgan fingerprint density at radius 2 is 1.90 bits per heavy atom. The number of nitrogens with zero attached hydrogens (tertiary/aromatic N) is 5. The fourth-order valence-corrected chi connectivity index (χ4v) is 4.97. The number of fused-ring (bicyclic) bond motifs is 8. The first kappa shape index (κ1) is 17.1. The zero-order valence-corrected chi connectivity index (χ0v) is 17.0. The maximum Gasteiger partial charge on any atom is 0.120 e. The van der Waals surface area contributed by atoms with E-state index in [-0.39, 0.29) is 6.17 Å². The first-order valence-electron chi connectivity index (χ1n) is 10.2. The molecular weight excluding hydrogens is 370 g/mol. The standard InChI is InChI=1S/C25H21N5/c1-28-21-10-7-16(13-26)11-22(21)30-15-24(28)29(2)23-14-27-20-9-8-18(12-19(20)25(23)30)17-5-3-4-6-17/h3,5-12,14,24H,4,15H2,1-2H3. The van der Waals surface area contributed by atoms with E-state index in [0.717, 1.165) is 40.9 Å². The molecule has 1 aliphatic carbocycles. The van der Waals surface area contributed by atoms with Crippen LogP contribution in [0.1, 0.15) is 17.5 Å². The Balaban J connectivity index is 1.64. The van der Waals surface area contributed by atoms with Gasteiger partial charge in [0.2, 0.25) is 0 Å². The van der Waals surface area contributed by atoms with Crippen LogP contribution in [0.2, 0.25) is 0 Å². The molecule has 1 unspecified atom stereocenters. The molecule has 3 aliphatic rings. The lowest BCUT2D eigenvalue weighted by atomic mass is 9.98. The van der Waals surface area contributed by atoms with Crippen LogP contribution >= 0.6 is 0 Å². The maximum atomic E-state index is 9.48. The molecule has 0 amide bonds. The van der Waals surface area contributed by atoms with Crippen molar-refractivity contribution in [3.8, 4) is 6.07 Å². The van der Waals surface area contributed by atoms with E-state index in [0.29, 0.717) is 5.56 Å². The molecule has 30 heavy (non-hydrogen) atoms. The largest absolute Gasteiger partial charge is 0.351 e. The molecule has 0 spiro atoms. The molecular formula is C25H21N5. The minimum absolute atomic E-state index is 0.209. The Kier molecular flexibility index (Phi) is 3.48. The molecule has 146 valence electrons. The van der Waals surface area contributed by atoms with Gasteiger partial charge in [0.15, 0.2) is 0 Å². The molecule has 0 saturated carbocycles. The molecule has 0 saturated heterocycles. The van der Waals surface area contributed by atoms with E-state index < -0.39 is 0 Å². The second-order valence-electron chi connectivity index (χ2n) is 8.15. The number of benzene rings is 2. The van der Waals surface area contributed by atoms with Gasteiger partial charge in [-0.05, 0) is 47.9 Å². The quantitative estimate of drug-likeness (QED) is 0.595. The van der Waals surface area contributed by atoms with Gasteiger partial charge in [-0.3, -0.25) is 4.98 Å². The molecule has 0 fully saturated rings. The summed E-state index contributed by atoms with van der Waals surface area (Å²) in [5.74, 6) is 0. The lowest BCUT2D eigenvalue weighted by Gasteiger charge is -2.51. The van der Waals surface area contributed by atoms with Crippen LogP contribution in [-0.4, -0.2) is 31.8 Å². The van der Waals surface area contributed by atoms with Crippen LogP contribution in [0.25, 0.3) is 16.5 Å². The third-order valence-electron chi connectivity index (χ3n) is 6.59. The highest BCUT2D eigenvalue weighted by atomic mass is 15.4. The second kappa shape index (κ2) is 6.11. The van der Waals surface area contributed by atoms with Gasteiger partial charge in [-0.15, -0.1) is 0 Å². The highest BCUT2D eigenvalue weighted by Gasteiger charge is 2.39. The molecule has 6 rings (SSSR count). The van der Waals surface area contributed by atoms with Crippen molar-refractivity contribution in [2.75, 3.05) is 35.3 Å². The van der Waals surface area contributed by atoms with Crippen LogP contribution in [0.3, 0.4) is 0 Å². The summed E-state index contributed by atoms with van der Waals surface area (Å²) in [5.41, 5.74) is 8.67. The summed E-state index contributed by atoms with van der Waals surface area (Å²) in [6, 6.07) is 14.8. The number of nitriles is 1. The number of hydrogen-bond donors (Lipinski definition) is 0. The van der Waals surface area contributed by atoms with E-state index in [1.807, 2.05) is 18.3 Å². The van der Waals surface area contributed by atoms with E-state index in [1.54, 1.807) is 0 Å². The van der Waals surface area contributed by atoms with E-state index in [1.165, 1.54) is 16.8 Å². The number of aromatic nitrogens is 1. The van der Waals surface area contributed by atoms with Gasteiger partial charge in [0.1, 0.15) is 6.17 Å². The van der Waals surface area contributed by atoms with Crippen molar-refractivity contribution in [3.63, 3.8) is 0 Å². The molecule has 1 atom stereocenters. The van der Waals surface area contributed by atoms with Crippen LogP contribution in [0.15, 0.2) is 60.8 Å². The molecule has 1 aromatic heterocycles. The molecule has 5 heteroatoms. The molecule has 2 aliphatic heterocycles. The van der Waals surface area contributed by atoms with Crippen LogP contribution in [0.5, 0.6) is 0 Å². The average Bonchev–Trinajstić information content (AvgIpc) is 3.33. The Labute approximate surface area is 175 Å². The van der Waals surface area contributed by atoms with Gasteiger partial charge in [-0.25, -0.2) is 0 Å². The van der Waals surface area contributed by atoms with Gasteiger partial charge in [-0.1, -0.05) is 24.3 Å². The Hall–Kier alpha value is -3.78. The zero-order chi connectivity index (χ0) is 20.4. The van der Waals surface area contributed by atoms with Crippen LogP contribution < -0.4 is 14.7 Å². The Bertz CT molecular complexity index is 1310. The summed E-state index contributed by atoms with van der Waals surface area (Å²) >= 11 is 0. The number of pyridine rings is 1. The highest BCUT2D eigenvalue weighted by Crippen LogP contribution is 2.50. The SMILES string of the molecule is CN1c2ccc(C#N)cc2N2CC1N(C)c1cnc3ccc(C4=CCC=C4)cc3c12. The second-order valence-corrected chi connectivity index (χ2v) is 8.15. The van der Waals surface area contributed by atoms with Gasteiger partial charge < -0.3 is 14.7 Å². The summed E-state index contributed by atoms with van der Waals surface area (Å²) in [6.45, 7) is 0.841. The van der Waals surface area contributed by atoms with Crippen molar-refractivity contribution in [2.45, 2.75) is 12.6 Å². The van der Waals surface area contributed by atoms with E-state index in [9.17, 15) is 5.26 Å². The van der Waals surface area contributed by atoms with Gasteiger partial charge in [0, 0.05) is 19.5 Å².